The van der Waals surface area contributed by atoms with Crippen LogP contribution in [0.4, 0.5) is 4.39 Å². The van der Waals surface area contributed by atoms with E-state index in [-0.39, 0.29) is 5.82 Å². The molecule has 0 radical (unpaired) electrons. The molecule has 3 rings (SSSR count). The van der Waals surface area contributed by atoms with E-state index in [0.717, 1.165) is 42.5 Å². The fraction of sp³-hybridized carbons (Fsp3) is 0.500. The van der Waals surface area contributed by atoms with Gasteiger partial charge in [-0.05, 0) is 44.7 Å². The predicted molar refractivity (Wildman–Crippen MR) is 69.9 cm³/mol. The predicted octanol–water partition coefficient (Wildman–Crippen LogP) is 2.93. The van der Waals surface area contributed by atoms with Gasteiger partial charge < -0.3 is 10.3 Å². The summed E-state index contributed by atoms with van der Waals surface area (Å²) in [5.74, 6) is 0.744. The van der Waals surface area contributed by atoms with Gasteiger partial charge in [0.1, 0.15) is 11.6 Å². The van der Waals surface area contributed by atoms with Crippen molar-refractivity contribution in [3.8, 4) is 0 Å². The van der Waals surface area contributed by atoms with E-state index in [9.17, 15) is 4.39 Å². The molecular weight excluding hydrogens is 229 g/mol. The first-order valence-electron chi connectivity index (χ1n) is 6.55. The first-order valence-corrected chi connectivity index (χ1v) is 6.55. The number of nitrogens with zero attached hydrogens (tertiary/aromatic N) is 2. The molecule has 0 spiro atoms. The van der Waals surface area contributed by atoms with Crippen LogP contribution in [-0.4, -0.2) is 15.6 Å². The molecule has 1 saturated carbocycles. The molecule has 3 nitrogen and oxygen atoms in total. The van der Waals surface area contributed by atoms with Crippen molar-refractivity contribution in [3.05, 3.63) is 29.8 Å². The highest BCUT2D eigenvalue weighted by molar-refractivity contribution is 5.76. The van der Waals surface area contributed by atoms with E-state index in [2.05, 4.69) is 9.55 Å². The number of imidazole rings is 1. The van der Waals surface area contributed by atoms with Crippen LogP contribution in [0.25, 0.3) is 11.0 Å². The third kappa shape index (κ3) is 1.90. The Morgan fingerprint density at radius 2 is 2.00 bits per heavy atom. The number of aromatic nitrogens is 2. The third-order valence-corrected chi connectivity index (χ3v) is 3.93. The van der Waals surface area contributed by atoms with Crippen molar-refractivity contribution in [1.82, 2.24) is 9.55 Å². The maximum Gasteiger partial charge on any atom is 0.125 e. The Hall–Kier alpha value is -1.42. The molecule has 0 saturated heterocycles. The molecule has 18 heavy (non-hydrogen) atoms. The molecule has 0 bridgehead atoms. The summed E-state index contributed by atoms with van der Waals surface area (Å²) in [6, 6.07) is 5.65. The zero-order valence-electron chi connectivity index (χ0n) is 10.6. The van der Waals surface area contributed by atoms with E-state index >= 15 is 0 Å². The number of fused-ring (bicyclic) bond motifs is 1. The van der Waals surface area contributed by atoms with Gasteiger partial charge in [0.05, 0.1) is 11.0 Å². The van der Waals surface area contributed by atoms with Gasteiger partial charge in [0.15, 0.2) is 0 Å². The molecule has 96 valence electrons. The average Bonchev–Trinajstić information content (AvgIpc) is 2.65. The quantitative estimate of drug-likeness (QED) is 0.842. The highest BCUT2D eigenvalue weighted by atomic mass is 19.1. The smallest absolute Gasteiger partial charge is 0.125 e. The van der Waals surface area contributed by atoms with Gasteiger partial charge in [0, 0.05) is 18.2 Å². The molecule has 0 atom stereocenters. The first kappa shape index (κ1) is 11.7. The van der Waals surface area contributed by atoms with E-state index in [1.165, 1.54) is 12.1 Å². The van der Waals surface area contributed by atoms with Gasteiger partial charge in [-0.1, -0.05) is 0 Å². The zero-order chi connectivity index (χ0) is 12.7. The molecule has 1 heterocycles. The Morgan fingerprint density at radius 1 is 1.28 bits per heavy atom. The average molecular weight is 247 g/mol. The molecule has 1 aromatic carbocycles. The number of halogens is 1. The lowest BCUT2D eigenvalue weighted by Crippen LogP contribution is -2.28. The highest BCUT2D eigenvalue weighted by Gasteiger charge is 2.22. The van der Waals surface area contributed by atoms with Crippen molar-refractivity contribution in [1.29, 1.82) is 0 Å². The van der Waals surface area contributed by atoms with E-state index in [4.69, 9.17) is 5.73 Å². The van der Waals surface area contributed by atoms with Gasteiger partial charge in [0.25, 0.3) is 0 Å². The minimum Gasteiger partial charge on any atom is -0.328 e. The number of aryl methyl sites for hydroxylation is 1. The first-order chi connectivity index (χ1) is 8.65. The SMILES string of the molecule is Cc1nc2cc(F)ccc2n1C1CCC(N)CC1. The summed E-state index contributed by atoms with van der Waals surface area (Å²) < 4.78 is 15.5. The lowest BCUT2D eigenvalue weighted by molar-refractivity contribution is 0.325. The minimum absolute atomic E-state index is 0.224. The van der Waals surface area contributed by atoms with Crippen LogP contribution in [0.3, 0.4) is 0 Å². The molecule has 0 amide bonds. The minimum atomic E-state index is -0.224. The van der Waals surface area contributed by atoms with E-state index < -0.39 is 0 Å². The second-order valence-corrected chi connectivity index (χ2v) is 5.23. The van der Waals surface area contributed by atoms with Gasteiger partial charge in [0.2, 0.25) is 0 Å². The highest BCUT2D eigenvalue weighted by Crippen LogP contribution is 2.32. The second-order valence-electron chi connectivity index (χ2n) is 5.23. The summed E-state index contributed by atoms with van der Waals surface area (Å²) in [5.41, 5.74) is 7.74. The summed E-state index contributed by atoms with van der Waals surface area (Å²) in [5, 5.41) is 0. The van der Waals surface area contributed by atoms with Gasteiger partial charge in [-0.3, -0.25) is 0 Å². The van der Waals surface area contributed by atoms with Crippen molar-refractivity contribution >= 4 is 11.0 Å². The Labute approximate surface area is 106 Å². The van der Waals surface area contributed by atoms with Gasteiger partial charge in [-0.15, -0.1) is 0 Å². The molecule has 2 aromatic rings. The molecule has 0 aliphatic heterocycles. The van der Waals surface area contributed by atoms with Crippen LogP contribution in [0, 0.1) is 12.7 Å². The van der Waals surface area contributed by atoms with Crippen LogP contribution in [0.15, 0.2) is 18.2 Å². The fourth-order valence-electron chi connectivity index (χ4n) is 3.01. The van der Waals surface area contributed by atoms with E-state index in [1.54, 1.807) is 0 Å². The van der Waals surface area contributed by atoms with E-state index in [0.29, 0.717) is 12.1 Å². The summed E-state index contributed by atoms with van der Waals surface area (Å²) in [6.07, 6.45) is 4.30. The normalized spacial score (nSPS) is 24.6. The number of benzene rings is 1. The zero-order valence-corrected chi connectivity index (χ0v) is 10.6. The molecule has 1 fully saturated rings. The summed E-state index contributed by atoms with van der Waals surface area (Å²) in [7, 11) is 0. The number of nitrogens with two attached hydrogens (primary N) is 1. The van der Waals surface area contributed by atoms with Crippen LogP contribution >= 0.6 is 0 Å². The maximum absolute atomic E-state index is 13.2. The van der Waals surface area contributed by atoms with Crippen molar-refractivity contribution in [2.24, 2.45) is 5.73 Å². The third-order valence-electron chi connectivity index (χ3n) is 3.93. The number of hydrogen-bond donors (Lipinski definition) is 1. The van der Waals surface area contributed by atoms with Crippen molar-refractivity contribution in [2.45, 2.75) is 44.7 Å². The number of rotatable bonds is 1. The second kappa shape index (κ2) is 4.35. The van der Waals surface area contributed by atoms with Crippen LogP contribution in [-0.2, 0) is 0 Å². The molecule has 1 aliphatic carbocycles. The maximum atomic E-state index is 13.2. The van der Waals surface area contributed by atoms with Crippen LogP contribution in [0.2, 0.25) is 0 Å². The van der Waals surface area contributed by atoms with Crippen molar-refractivity contribution < 1.29 is 4.39 Å². The summed E-state index contributed by atoms with van der Waals surface area (Å²) >= 11 is 0. The van der Waals surface area contributed by atoms with Crippen LogP contribution in [0.5, 0.6) is 0 Å². The monoisotopic (exact) mass is 247 g/mol. The molecular formula is C14H18FN3. The van der Waals surface area contributed by atoms with Crippen molar-refractivity contribution in [2.75, 3.05) is 0 Å². The lowest BCUT2D eigenvalue weighted by atomic mass is 9.91. The van der Waals surface area contributed by atoms with Gasteiger partial charge in [-0.25, -0.2) is 9.37 Å². The van der Waals surface area contributed by atoms with Crippen LogP contribution in [0.1, 0.15) is 37.5 Å². The Bertz CT molecular complexity index is 568. The largest absolute Gasteiger partial charge is 0.328 e. The van der Waals surface area contributed by atoms with Crippen molar-refractivity contribution in [3.63, 3.8) is 0 Å². The fourth-order valence-corrected chi connectivity index (χ4v) is 3.01. The lowest BCUT2D eigenvalue weighted by Gasteiger charge is -2.28. The topological polar surface area (TPSA) is 43.8 Å². The number of hydrogen-bond acceptors (Lipinski definition) is 2. The molecule has 4 heteroatoms. The summed E-state index contributed by atoms with van der Waals surface area (Å²) in [6.45, 7) is 1.99. The molecule has 1 aromatic heterocycles. The van der Waals surface area contributed by atoms with E-state index in [1.807, 2.05) is 13.0 Å². The summed E-state index contributed by atoms with van der Waals surface area (Å²) in [4.78, 5) is 4.46. The van der Waals surface area contributed by atoms with Gasteiger partial charge >= 0.3 is 0 Å². The molecule has 2 N–H and O–H groups in total. The standard InChI is InChI=1S/C14H18FN3/c1-9-17-13-8-10(15)2-7-14(13)18(9)12-5-3-11(16)4-6-12/h2,7-8,11-12H,3-6,16H2,1H3. The molecule has 0 unspecified atom stereocenters. The van der Waals surface area contributed by atoms with Crippen LogP contribution < -0.4 is 5.73 Å². The molecule has 1 aliphatic rings. The van der Waals surface area contributed by atoms with Gasteiger partial charge in [-0.2, -0.15) is 0 Å². The Balaban J connectivity index is 2.03. The Kier molecular flexibility index (Phi) is 2.82. The Morgan fingerprint density at radius 3 is 2.72 bits per heavy atom.